The Morgan fingerprint density at radius 3 is 1.13 bits per heavy atom. The molecule has 88 valence electrons. The smallest absolute Gasteiger partial charge is 0.155 e. The molecule has 0 aliphatic carbocycles. The van der Waals surface area contributed by atoms with Gasteiger partial charge in [0, 0.05) is 19.5 Å². The molecule has 0 atom stereocenters. The van der Waals surface area contributed by atoms with E-state index in [1.807, 2.05) is 0 Å². The molecule has 0 fully saturated rings. The van der Waals surface area contributed by atoms with Crippen LogP contribution in [-0.4, -0.2) is 5.11 Å². The van der Waals surface area contributed by atoms with E-state index in [9.17, 15) is 5.11 Å². The summed E-state index contributed by atoms with van der Waals surface area (Å²) >= 11 is 32.0. The van der Waals surface area contributed by atoms with Crippen molar-refractivity contribution in [1.82, 2.24) is 0 Å². The molecule has 0 saturated heterocycles. The molecule has 0 saturated carbocycles. The third-order valence-electron chi connectivity index (χ3n) is 1.19. The molecular formula is C6H3Cl6NORu. The molecule has 1 aromatic rings. The van der Waals surface area contributed by atoms with Gasteiger partial charge in [0.05, 0.1) is 15.1 Å². The number of phenolic OH excluding ortho intramolecular Hbond substituents is 1. The van der Waals surface area contributed by atoms with Gasteiger partial charge in [0.1, 0.15) is 10.0 Å². The summed E-state index contributed by atoms with van der Waals surface area (Å²) in [6, 6.07) is 0. The Morgan fingerprint density at radius 1 is 0.667 bits per heavy atom. The molecule has 0 amide bonds. The van der Waals surface area contributed by atoms with Crippen molar-refractivity contribution < 1.29 is 24.6 Å². The van der Waals surface area contributed by atoms with Crippen LogP contribution >= 0.6 is 69.8 Å². The van der Waals surface area contributed by atoms with Crippen molar-refractivity contribution in [1.29, 1.82) is 0 Å². The Kier molecular flexibility index (Phi) is 10.5. The summed E-state index contributed by atoms with van der Waals surface area (Å²) in [5.74, 6) is -0.363. The fraction of sp³-hybridized carbons (Fsp3) is 0. The quantitative estimate of drug-likeness (QED) is 0.276. The molecule has 2 nitrogen and oxygen atoms in total. The van der Waals surface area contributed by atoms with Gasteiger partial charge in [0.2, 0.25) is 0 Å². The van der Waals surface area contributed by atoms with Crippen molar-refractivity contribution in [3.05, 3.63) is 25.1 Å². The van der Waals surface area contributed by atoms with E-state index >= 15 is 0 Å². The number of aromatic hydroxyl groups is 1. The van der Waals surface area contributed by atoms with E-state index in [1.165, 1.54) is 0 Å². The predicted octanol–water partition coefficient (Wildman–Crippen LogP) is 4.76. The van der Waals surface area contributed by atoms with Gasteiger partial charge in [-0.1, -0.05) is 58.0 Å². The third kappa shape index (κ3) is 4.25. The van der Waals surface area contributed by atoms with Crippen LogP contribution in [0.25, 0.3) is 0 Å². The van der Waals surface area contributed by atoms with Crippen molar-refractivity contribution in [2.75, 3.05) is 0 Å². The summed E-state index contributed by atoms with van der Waals surface area (Å²) in [6.45, 7) is 0. The third-order valence-corrected chi connectivity index (χ3v) is 3.44. The SMILES string of the molecule is NCl.Oc1c(Cl)c(Cl)c(Cl)c(Cl)c1Cl.[Ru]. The second kappa shape index (κ2) is 8.44. The molecule has 1 aromatic carbocycles. The molecular weight excluding hydrogens is 416 g/mol. The Balaban J connectivity index is 0. The van der Waals surface area contributed by atoms with E-state index in [0.29, 0.717) is 0 Å². The van der Waals surface area contributed by atoms with Crippen LogP contribution in [0.4, 0.5) is 0 Å². The summed E-state index contributed by atoms with van der Waals surface area (Å²) in [6.07, 6.45) is 0. The number of benzene rings is 1. The van der Waals surface area contributed by atoms with Gasteiger partial charge in [0.25, 0.3) is 0 Å². The maximum absolute atomic E-state index is 9.20. The van der Waals surface area contributed by atoms with E-state index in [4.69, 9.17) is 58.0 Å². The minimum absolute atomic E-state index is 0. The van der Waals surface area contributed by atoms with Gasteiger partial charge in [-0.25, -0.2) is 5.25 Å². The van der Waals surface area contributed by atoms with Crippen LogP contribution in [0.2, 0.25) is 25.1 Å². The maximum atomic E-state index is 9.20. The summed E-state index contributed by atoms with van der Waals surface area (Å²) in [5.41, 5.74) is 0. The molecule has 0 aliphatic heterocycles. The average Bonchev–Trinajstić information content (AvgIpc) is 2.24. The molecule has 0 aromatic heterocycles. The maximum Gasteiger partial charge on any atom is 0.155 e. The topological polar surface area (TPSA) is 46.2 Å². The van der Waals surface area contributed by atoms with E-state index in [0.717, 1.165) is 0 Å². The molecule has 0 unspecified atom stereocenters. The molecule has 1 rings (SSSR count). The zero-order chi connectivity index (χ0) is 11.5. The van der Waals surface area contributed by atoms with E-state index < -0.39 is 0 Å². The molecule has 0 aliphatic rings. The molecule has 0 heterocycles. The molecule has 0 radical (unpaired) electrons. The van der Waals surface area contributed by atoms with Gasteiger partial charge in [-0.2, -0.15) is 0 Å². The summed E-state index contributed by atoms with van der Waals surface area (Å²) < 4.78 is 0. The second-order valence-corrected chi connectivity index (χ2v) is 3.81. The van der Waals surface area contributed by atoms with Crippen LogP contribution in [0.1, 0.15) is 0 Å². The minimum Gasteiger partial charge on any atom is -0.505 e. The van der Waals surface area contributed by atoms with E-state index in [2.05, 4.69) is 17.0 Å². The standard InChI is InChI=1S/C6HCl5O.ClH2N.Ru/c7-1-2(8)4(10)6(12)5(11)3(1)9;1-2;/h12H;2H2;. The summed E-state index contributed by atoms with van der Waals surface area (Å²) in [7, 11) is 0. The monoisotopic (exact) mass is 417 g/mol. The minimum atomic E-state index is -0.363. The number of rotatable bonds is 0. The fourth-order valence-corrected chi connectivity index (χ4v) is 1.72. The number of halogens is 6. The first-order valence-corrected chi connectivity index (χ1v) is 5.21. The summed E-state index contributed by atoms with van der Waals surface area (Å²) in [5, 5.41) is 13.0. The van der Waals surface area contributed by atoms with Crippen molar-refractivity contribution in [3.8, 4) is 5.75 Å². The van der Waals surface area contributed by atoms with Gasteiger partial charge in [-0.3, -0.25) is 0 Å². The first-order valence-electron chi connectivity index (χ1n) is 2.89. The first-order chi connectivity index (χ1) is 6.46. The largest absolute Gasteiger partial charge is 0.505 e. The van der Waals surface area contributed by atoms with Crippen LogP contribution in [-0.2, 0) is 19.5 Å². The van der Waals surface area contributed by atoms with Crippen LogP contribution in [0.3, 0.4) is 0 Å². The Morgan fingerprint density at radius 2 is 0.867 bits per heavy atom. The molecule has 15 heavy (non-hydrogen) atoms. The Bertz CT molecular complexity index is 242. The first kappa shape index (κ1) is 18.7. The number of phenols is 1. The van der Waals surface area contributed by atoms with Gasteiger partial charge in [-0.05, 0) is 11.8 Å². The van der Waals surface area contributed by atoms with Gasteiger partial charge < -0.3 is 5.11 Å². The Hall–Kier alpha value is 1.34. The number of hydrogen-bond donors (Lipinski definition) is 2. The van der Waals surface area contributed by atoms with Crippen molar-refractivity contribution >= 4 is 69.8 Å². The van der Waals surface area contributed by atoms with Crippen LogP contribution in [0, 0.1) is 0 Å². The van der Waals surface area contributed by atoms with E-state index in [-0.39, 0.29) is 50.3 Å². The fourth-order valence-electron chi connectivity index (χ4n) is 0.593. The van der Waals surface area contributed by atoms with E-state index in [1.54, 1.807) is 0 Å². The van der Waals surface area contributed by atoms with Crippen LogP contribution in [0.15, 0.2) is 0 Å². The molecule has 3 N–H and O–H groups in total. The van der Waals surface area contributed by atoms with Crippen LogP contribution in [0.5, 0.6) is 5.75 Å². The molecule has 0 bridgehead atoms. The zero-order valence-corrected chi connectivity index (χ0v) is 12.9. The van der Waals surface area contributed by atoms with Crippen LogP contribution < -0.4 is 5.25 Å². The van der Waals surface area contributed by atoms with Crippen molar-refractivity contribution in [2.24, 2.45) is 5.25 Å². The molecule has 9 heteroatoms. The van der Waals surface area contributed by atoms with Crippen molar-refractivity contribution in [2.45, 2.75) is 0 Å². The molecule has 0 spiro atoms. The Labute approximate surface area is 129 Å². The average molecular weight is 419 g/mol. The summed E-state index contributed by atoms with van der Waals surface area (Å²) in [4.78, 5) is 0. The van der Waals surface area contributed by atoms with Crippen molar-refractivity contribution in [3.63, 3.8) is 0 Å². The number of hydrogen-bond acceptors (Lipinski definition) is 2. The van der Waals surface area contributed by atoms with Gasteiger partial charge in [0.15, 0.2) is 5.75 Å². The predicted molar refractivity (Wildman–Crippen MR) is 63.2 cm³/mol. The van der Waals surface area contributed by atoms with Gasteiger partial charge >= 0.3 is 0 Å². The zero-order valence-electron chi connectivity index (χ0n) is 6.65. The normalized spacial score (nSPS) is 8.73. The number of nitrogens with two attached hydrogens (primary N) is 1. The second-order valence-electron chi connectivity index (χ2n) is 1.92. The van der Waals surface area contributed by atoms with Gasteiger partial charge in [-0.15, -0.1) is 0 Å².